The summed E-state index contributed by atoms with van der Waals surface area (Å²) >= 11 is 0. The molecule has 0 spiro atoms. The average Bonchev–Trinajstić information content (AvgIpc) is 3.19. The molecule has 0 saturated heterocycles. The lowest BCUT2D eigenvalue weighted by atomic mass is 10.1. The van der Waals surface area contributed by atoms with Gasteiger partial charge in [-0.15, -0.1) is 0 Å². The van der Waals surface area contributed by atoms with Crippen LogP contribution in [0.3, 0.4) is 0 Å². The summed E-state index contributed by atoms with van der Waals surface area (Å²) in [5.74, 6) is 0. The third-order valence-corrected chi connectivity index (χ3v) is 11.2. The summed E-state index contributed by atoms with van der Waals surface area (Å²) in [6, 6.07) is 19.2. The van der Waals surface area contributed by atoms with E-state index < -0.39 is 8.07 Å². The van der Waals surface area contributed by atoms with E-state index in [1.54, 1.807) is 11.1 Å². The van der Waals surface area contributed by atoms with Crippen LogP contribution in [0.4, 0.5) is 0 Å². The normalized spacial score (nSPS) is 24.1. The highest BCUT2D eigenvalue weighted by Crippen LogP contribution is 2.48. The minimum Gasteiger partial charge on any atom is -0.0791 e. The van der Waals surface area contributed by atoms with Crippen LogP contribution < -0.4 is 0 Å². The van der Waals surface area contributed by atoms with E-state index in [9.17, 15) is 0 Å². The molecule has 1 heteroatoms. The van der Waals surface area contributed by atoms with Crippen LogP contribution in [-0.2, 0) is 0 Å². The molecule has 4 rings (SSSR count). The maximum Gasteiger partial charge on any atom is 0.0742 e. The van der Waals surface area contributed by atoms with Crippen molar-refractivity contribution in [2.75, 3.05) is 0 Å². The fourth-order valence-corrected chi connectivity index (χ4v) is 8.57. The number of hydrogen-bond acceptors (Lipinski definition) is 0. The van der Waals surface area contributed by atoms with Gasteiger partial charge in [-0.3, -0.25) is 0 Å². The zero-order chi connectivity index (χ0) is 15.2. The third kappa shape index (κ3) is 1.89. The molecule has 0 aromatic heterocycles. The molecule has 110 valence electrons. The van der Waals surface area contributed by atoms with E-state index in [4.69, 9.17) is 0 Å². The van der Waals surface area contributed by atoms with Crippen LogP contribution in [0, 0.1) is 0 Å². The van der Waals surface area contributed by atoms with Crippen molar-refractivity contribution in [2.45, 2.75) is 30.6 Å². The predicted molar refractivity (Wildman–Crippen MR) is 98.5 cm³/mol. The molecule has 2 aromatic rings. The molecule has 0 saturated carbocycles. The molecule has 2 aliphatic rings. The van der Waals surface area contributed by atoms with Crippen molar-refractivity contribution >= 4 is 20.2 Å². The standard InChI is InChI=1S/C21H22Si/c1-3-22(2,20-14-12-16-8-4-6-10-18(16)20)21-15-13-17-9-5-7-11-19(17)21/h4-15,20-21H,3H2,1-2H3. The van der Waals surface area contributed by atoms with Crippen LogP contribution in [0.1, 0.15) is 40.3 Å². The molecule has 2 aromatic carbocycles. The zero-order valence-corrected chi connectivity index (χ0v) is 14.3. The van der Waals surface area contributed by atoms with Crippen molar-refractivity contribution in [1.29, 1.82) is 0 Å². The highest BCUT2D eigenvalue weighted by molar-refractivity contribution is 6.82. The van der Waals surface area contributed by atoms with E-state index in [-0.39, 0.29) is 0 Å². The van der Waals surface area contributed by atoms with Crippen molar-refractivity contribution in [1.82, 2.24) is 0 Å². The first kappa shape index (κ1) is 13.8. The Kier molecular flexibility index (Phi) is 3.19. The van der Waals surface area contributed by atoms with Crippen LogP contribution in [0.5, 0.6) is 0 Å². The molecule has 2 atom stereocenters. The quantitative estimate of drug-likeness (QED) is 0.630. The van der Waals surface area contributed by atoms with Crippen LogP contribution in [0.25, 0.3) is 12.2 Å². The number of rotatable bonds is 3. The molecule has 2 unspecified atom stereocenters. The minimum atomic E-state index is -1.53. The summed E-state index contributed by atoms with van der Waals surface area (Å²) in [7, 11) is -1.53. The summed E-state index contributed by atoms with van der Waals surface area (Å²) in [6.45, 7) is 5.00. The van der Waals surface area contributed by atoms with Gasteiger partial charge >= 0.3 is 0 Å². The largest absolute Gasteiger partial charge is 0.0791 e. The fraction of sp³-hybridized carbons (Fsp3) is 0.238. The third-order valence-electron chi connectivity index (χ3n) is 5.78. The number of allylic oxidation sites excluding steroid dienone is 2. The lowest BCUT2D eigenvalue weighted by molar-refractivity contribution is 1.01. The highest BCUT2D eigenvalue weighted by atomic mass is 28.3. The lowest BCUT2D eigenvalue weighted by Gasteiger charge is -2.38. The van der Waals surface area contributed by atoms with Gasteiger partial charge in [-0.25, -0.2) is 0 Å². The van der Waals surface area contributed by atoms with Gasteiger partial charge in [0, 0.05) is 0 Å². The summed E-state index contributed by atoms with van der Waals surface area (Å²) in [4.78, 5) is 0. The summed E-state index contributed by atoms with van der Waals surface area (Å²) in [5.41, 5.74) is 7.22. The predicted octanol–water partition coefficient (Wildman–Crippen LogP) is 5.78. The van der Waals surface area contributed by atoms with Crippen molar-refractivity contribution in [3.05, 3.63) is 82.9 Å². The minimum absolute atomic E-state index is 0.634. The van der Waals surface area contributed by atoms with Gasteiger partial charge in [0.2, 0.25) is 0 Å². The van der Waals surface area contributed by atoms with E-state index in [0.29, 0.717) is 11.1 Å². The smallest absolute Gasteiger partial charge is 0.0742 e. The monoisotopic (exact) mass is 302 g/mol. The Hall–Kier alpha value is -1.86. The second kappa shape index (κ2) is 5.10. The molecule has 0 heterocycles. The first-order valence-electron chi connectivity index (χ1n) is 8.28. The topological polar surface area (TPSA) is 0 Å². The Morgan fingerprint density at radius 1 is 0.773 bits per heavy atom. The first-order chi connectivity index (χ1) is 10.7. The maximum atomic E-state index is 2.60. The number of hydrogen-bond donors (Lipinski definition) is 0. The maximum absolute atomic E-state index is 2.60. The second-order valence-electron chi connectivity index (χ2n) is 6.79. The van der Waals surface area contributed by atoms with Gasteiger partial charge < -0.3 is 0 Å². The Balaban J connectivity index is 1.80. The summed E-state index contributed by atoms with van der Waals surface area (Å²) in [5, 5.41) is 0. The van der Waals surface area contributed by atoms with Gasteiger partial charge in [0.15, 0.2) is 0 Å². The molecule has 0 radical (unpaired) electrons. The van der Waals surface area contributed by atoms with E-state index in [1.807, 2.05) is 0 Å². The van der Waals surface area contributed by atoms with Gasteiger partial charge in [-0.05, 0) is 33.3 Å². The molecular formula is C21H22Si. The van der Waals surface area contributed by atoms with Gasteiger partial charge in [-0.2, -0.15) is 0 Å². The Labute approximate surface area is 134 Å². The van der Waals surface area contributed by atoms with Crippen LogP contribution in [0.15, 0.2) is 60.7 Å². The van der Waals surface area contributed by atoms with Crippen LogP contribution >= 0.6 is 0 Å². The van der Waals surface area contributed by atoms with Gasteiger partial charge in [0.1, 0.15) is 0 Å². The Morgan fingerprint density at radius 2 is 1.23 bits per heavy atom. The molecule has 0 amide bonds. The Morgan fingerprint density at radius 3 is 1.68 bits per heavy atom. The van der Waals surface area contributed by atoms with E-state index in [1.165, 1.54) is 17.2 Å². The van der Waals surface area contributed by atoms with Crippen molar-refractivity contribution in [3.8, 4) is 0 Å². The SMILES string of the molecule is CC[Si](C)(C1C=Cc2ccccc21)C1C=Cc2ccccc21. The zero-order valence-electron chi connectivity index (χ0n) is 13.3. The average molecular weight is 302 g/mol. The lowest BCUT2D eigenvalue weighted by Crippen LogP contribution is -2.42. The fourth-order valence-electron chi connectivity index (χ4n) is 4.28. The first-order valence-corrected chi connectivity index (χ1v) is 11.1. The van der Waals surface area contributed by atoms with Crippen molar-refractivity contribution < 1.29 is 0 Å². The van der Waals surface area contributed by atoms with Gasteiger partial charge in [0.05, 0.1) is 8.07 Å². The number of benzene rings is 2. The second-order valence-corrected chi connectivity index (χ2v) is 11.8. The molecule has 22 heavy (non-hydrogen) atoms. The van der Waals surface area contributed by atoms with E-state index >= 15 is 0 Å². The van der Waals surface area contributed by atoms with Crippen molar-refractivity contribution in [2.24, 2.45) is 0 Å². The van der Waals surface area contributed by atoms with Crippen molar-refractivity contribution in [3.63, 3.8) is 0 Å². The Bertz CT molecular complexity index is 707. The molecule has 0 aliphatic heterocycles. The molecule has 0 fully saturated rings. The molecular weight excluding hydrogens is 280 g/mol. The number of fused-ring (bicyclic) bond motifs is 2. The van der Waals surface area contributed by atoms with Crippen LogP contribution in [-0.4, -0.2) is 8.07 Å². The van der Waals surface area contributed by atoms with Gasteiger partial charge in [-0.1, -0.05) is 92.3 Å². The molecule has 2 aliphatic carbocycles. The van der Waals surface area contributed by atoms with E-state index in [2.05, 4.69) is 86.3 Å². The van der Waals surface area contributed by atoms with Crippen LogP contribution in [0.2, 0.25) is 12.6 Å². The molecule has 0 bridgehead atoms. The molecule has 0 N–H and O–H groups in total. The molecule has 0 nitrogen and oxygen atoms in total. The summed E-state index contributed by atoms with van der Waals surface area (Å²) < 4.78 is 0. The summed E-state index contributed by atoms with van der Waals surface area (Å²) in [6.07, 6.45) is 9.64. The van der Waals surface area contributed by atoms with E-state index in [0.717, 1.165) is 0 Å². The highest BCUT2D eigenvalue weighted by Gasteiger charge is 2.44. The van der Waals surface area contributed by atoms with Gasteiger partial charge in [0.25, 0.3) is 0 Å².